The molecule has 1 atom stereocenters. The molecule has 2 aromatic rings. The van der Waals surface area contributed by atoms with E-state index in [2.05, 4.69) is 9.55 Å². The molecule has 1 saturated heterocycles. The molecule has 7 heteroatoms. The number of likely N-dealkylation sites (tertiary alicyclic amines) is 1. The topological polar surface area (TPSA) is 38.1 Å². The zero-order valence-electron chi connectivity index (χ0n) is 15.0. The Kier molecular flexibility index (Phi) is 4.70. The number of piperidine rings is 1. The van der Waals surface area contributed by atoms with Crippen LogP contribution >= 0.6 is 0 Å². The van der Waals surface area contributed by atoms with Crippen LogP contribution in [0, 0.1) is 5.92 Å². The largest absolute Gasteiger partial charge is 0.416 e. The van der Waals surface area contributed by atoms with Crippen molar-refractivity contribution in [2.45, 2.75) is 44.3 Å². The fourth-order valence-electron chi connectivity index (χ4n) is 3.80. The van der Waals surface area contributed by atoms with E-state index in [4.69, 9.17) is 0 Å². The monoisotopic (exact) mass is 377 g/mol. The lowest BCUT2D eigenvalue weighted by molar-refractivity contribution is -0.137. The molecule has 2 heterocycles. The highest BCUT2D eigenvalue weighted by Gasteiger charge is 2.33. The molecular formula is C20H22F3N3O. The molecule has 144 valence electrons. The maximum Gasteiger partial charge on any atom is 0.416 e. The maximum atomic E-state index is 12.9. The number of benzene rings is 1. The van der Waals surface area contributed by atoms with Crippen molar-refractivity contribution >= 4 is 5.91 Å². The van der Waals surface area contributed by atoms with Gasteiger partial charge < -0.3 is 9.47 Å². The number of amides is 1. The summed E-state index contributed by atoms with van der Waals surface area (Å²) in [4.78, 5) is 19.0. The molecular weight excluding hydrogens is 355 g/mol. The first-order valence-electron chi connectivity index (χ1n) is 9.39. The number of carbonyl (C=O) groups excluding carboxylic acids is 1. The van der Waals surface area contributed by atoms with E-state index in [1.165, 1.54) is 25.0 Å². The maximum absolute atomic E-state index is 12.9. The van der Waals surface area contributed by atoms with Crippen LogP contribution < -0.4 is 0 Å². The summed E-state index contributed by atoms with van der Waals surface area (Å²) >= 11 is 0. The van der Waals surface area contributed by atoms with Gasteiger partial charge in [-0.15, -0.1) is 0 Å². The van der Waals surface area contributed by atoms with Gasteiger partial charge in [0.2, 0.25) is 0 Å². The molecule has 1 aromatic carbocycles. The molecule has 4 nitrogen and oxygen atoms in total. The van der Waals surface area contributed by atoms with Crippen LogP contribution in [0.1, 0.15) is 53.3 Å². The van der Waals surface area contributed by atoms with Gasteiger partial charge in [0.1, 0.15) is 5.82 Å². The fraction of sp³-hybridized carbons (Fsp3) is 0.500. The van der Waals surface area contributed by atoms with E-state index in [9.17, 15) is 18.0 Å². The van der Waals surface area contributed by atoms with E-state index < -0.39 is 11.7 Å². The third-order valence-corrected chi connectivity index (χ3v) is 5.41. The number of nitrogens with zero attached hydrogens (tertiary/aromatic N) is 3. The van der Waals surface area contributed by atoms with Crippen molar-refractivity contribution in [1.29, 1.82) is 0 Å². The average molecular weight is 377 g/mol. The van der Waals surface area contributed by atoms with Crippen molar-refractivity contribution in [3.8, 4) is 0 Å². The van der Waals surface area contributed by atoms with Gasteiger partial charge in [-0.1, -0.05) is 6.07 Å². The predicted octanol–water partition coefficient (Wildman–Crippen LogP) is 4.33. The molecule has 1 unspecified atom stereocenters. The molecule has 2 aliphatic rings. The van der Waals surface area contributed by atoms with Crippen LogP contribution in [0.5, 0.6) is 0 Å². The highest BCUT2D eigenvalue weighted by atomic mass is 19.4. The third-order valence-electron chi connectivity index (χ3n) is 5.41. The van der Waals surface area contributed by atoms with Gasteiger partial charge in [0.05, 0.1) is 5.56 Å². The Morgan fingerprint density at radius 1 is 1.22 bits per heavy atom. The van der Waals surface area contributed by atoms with Crippen LogP contribution in [-0.4, -0.2) is 33.4 Å². The lowest BCUT2D eigenvalue weighted by Crippen LogP contribution is -2.39. The highest BCUT2D eigenvalue weighted by molar-refractivity contribution is 5.94. The Hall–Kier alpha value is -2.31. The van der Waals surface area contributed by atoms with E-state index in [0.29, 0.717) is 13.1 Å². The molecule has 1 aliphatic carbocycles. The van der Waals surface area contributed by atoms with Crippen molar-refractivity contribution in [2.24, 2.45) is 5.92 Å². The first-order valence-corrected chi connectivity index (χ1v) is 9.39. The molecule has 0 radical (unpaired) electrons. The molecule has 4 rings (SSSR count). The number of hydrogen-bond donors (Lipinski definition) is 0. The van der Waals surface area contributed by atoms with Gasteiger partial charge in [-0.25, -0.2) is 4.98 Å². The Morgan fingerprint density at radius 3 is 2.78 bits per heavy atom. The minimum absolute atomic E-state index is 0.0896. The summed E-state index contributed by atoms with van der Waals surface area (Å²) in [7, 11) is 0. The highest BCUT2D eigenvalue weighted by Crippen LogP contribution is 2.34. The molecule has 1 aliphatic heterocycles. The second kappa shape index (κ2) is 7.02. The first-order chi connectivity index (χ1) is 12.9. The van der Waals surface area contributed by atoms with Gasteiger partial charge in [-0.2, -0.15) is 13.2 Å². The van der Waals surface area contributed by atoms with Crippen molar-refractivity contribution in [3.63, 3.8) is 0 Å². The first kappa shape index (κ1) is 18.1. The van der Waals surface area contributed by atoms with Crippen molar-refractivity contribution in [1.82, 2.24) is 14.5 Å². The minimum atomic E-state index is -4.45. The van der Waals surface area contributed by atoms with Crippen LogP contribution in [0.15, 0.2) is 36.7 Å². The van der Waals surface area contributed by atoms with Crippen molar-refractivity contribution in [3.05, 3.63) is 53.6 Å². The van der Waals surface area contributed by atoms with Crippen LogP contribution in [0.25, 0.3) is 0 Å². The Balaban J connectivity index is 1.50. The zero-order chi connectivity index (χ0) is 19.0. The van der Waals surface area contributed by atoms with Crippen LogP contribution in [0.2, 0.25) is 0 Å². The smallest absolute Gasteiger partial charge is 0.338 e. The molecule has 27 heavy (non-hydrogen) atoms. The number of aromatic nitrogens is 2. The van der Waals surface area contributed by atoms with Crippen molar-refractivity contribution in [2.75, 3.05) is 13.1 Å². The van der Waals surface area contributed by atoms with Gasteiger partial charge in [0.25, 0.3) is 5.91 Å². The zero-order valence-corrected chi connectivity index (χ0v) is 15.0. The quantitative estimate of drug-likeness (QED) is 0.795. The Morgan fingerprint density at radius 2 is 2.04 bits per heavy atom. The summed E-state index contributed by atoms with van der Waals surface area (Å²) < 4.78 is 41.0. The standard InChI is InChI=1S/C20H22F3N3O/c21-20(22,23)17-5-1-3-15(11-17)19(27)26-9-2-4-16(13-26)18-24-8-10-25(18)12-14-6-7-14/h1,3,5,8,10-11,14,16H,2,4,6-7,9,12-13H2. The van der Waals surface area contributed by atoms with Gasteiger partial charge in [-0.3, -0.25) is 4.79 Å². The molecule has 0 N–H and O–H groups in total. The Labute approximate surface area is 156 Å². The SMILES string of the molecule is O=C(c1cccc(C(F)(F)F)c1)N1CCCC(c2nccn2CC2CC2)C1. The Bertz CT molecular complexity index is 826. The molecule has 1 amide bonds. The van der Waals surface area contributed by atoms with Gasteiger partial charge in [-0.05, 0) is 49.8 Å². The average Bonchev–Trinajstić information content (AvgIpc) is 3.35. The number of imidazole rings is 1. The van der Waals surface area contributed by atoms with E-state index in [1.807, 2.05) is 6.20 Å². The summed E-state index contributed by atoms with van der Waals surface area (Å²) in [6.45, 7) is 2.03. The summed E-state index contributed by atoms with van der Waals surface area (Å²) in [6, 6.07) is 4.68. The normalized spacial score (nSPS) is 20.7. The van der Waals surface area contributed by atoms with Crippen LogP contribution in [0.3, 0.4) is 0 Å². The van der Waals surface area contributed by atoms with Gasteiger partial charge in [0, 0.05) is 43.5 Å². The molecule has 0 spiro atoms. The summed E-state index contributed by atoms with van der Waals surface area (Å²) in [5.41, 5.74) is -0.700. The van der Waals surface area contributed by atoms with Gasteiger partial charge in [0.15, 0.2) is 0 Å². The predicted molar refractivity (Wildman–Crippen MR) is 94.3 cm³/mol. The minimum Gasteiger partial charge on any atom is -0.338 e. The lowest BCUT2D eigenvalue weighted by atomic mass is 9.96. The summed E-state index contributed by atoms with van der Waals surface area (Å²) in [6.07, 6.45) is 3.60. The second-order valence-corrected chi connectivity index (χ2v) is 7.55. The van der Waals surface area contributed by atoms with Crippen LogP contribution in [-0.2, 0) is 12.7 Å². The lowest BCUT2D eigenvalue weighted by Gasteiger charge is -2.33. The number of alkyl halides is 3. The van der Waals surface area contributed by atoms with E-state index >= 15 is 0 Å². The molecule has 1 aromatic heterocycles. The number of halogens is 3. The number of carbonyl (C=O) groups is 1. The van der Waals surface area contributed by atoms with Gasteiger partial charge >= 0.3 is 6.18 Å². The summed E-state index contributed by atoms with van der Waals surface area (Å²) in [5, 5.41) is 0. The molecule has 0 bridgehead atoms. The van der Waals surface area contributed by atoms with E-state index in [1.54, 1.807) is 11.1 Å². The number of rotatable bonds is 4. The number of hydrogen-bond acceptors (Lipinski definition) is 2. The summed E-state index contributed by atoms with van der Waals surface area (Å²) in [5.74, 6) is 1.50. The molecule has 1 saturated carbocycles. The van der Waals surface area contributed by atoms with E-state index in [-0.39, 0.29) is 17.4 Å². The second-order valence-electron chi connectivity index (χ2n) is 7.55. The van der Waals surface area contributed by atoms with E-state index in [0.717, 1.165) is 43.3 Å². The fourth-order valence-corrected chi connectivity index (χ4v) is 3.80. The third kappa shape index (κ3) is 4.01. The molecule has 2 fully saturated rings. The van der Waals surface area contributed by atoms with Crippen LogP contribution in [0.4, 0.5) is 13.2 Å². The van der Waals surface area contributed by atoms with Crippen molar-refractivity contribution < 1.29 is 18.0 Å².